The predicted molar refractivity (Wildman–Crippen MR) is 86.2 cm³/mol. The molecule has 1 saturated heterocycles. The molecule has 0 bridgehead atoms. The molecular weight excluding hydrogens is 288 g/mol. The Hall–Kier alpha value is -1.26. The number of hydrogen-bond donors (Lipinski definition) is 2. The van der Waals surface area contributed by atoms with E-state index in [1.165, 1.54) is 6.42 Å². The van der Waals surface area contributed by atoms with Gasteiger partial charge in [0, 0.05) is 30.4 Å². The van der Waals surface area contributed by atoms with Crippen molar-refractivity contribution in [2.75, 3.05) is 25.0 Å². The zero-order valence-corrected chi connectivity index (χ0v) is 13.2. The standard InChI is InChI=1S/C16H23ClN2O2/c1-2-8-18-15-7-6-12(17)10-14(15)16(20)19-11-13-5-3-4-9-21-13/h6-7,10,13,18H,2-5,8-9,11H2,1H3,(H,19,20). The molecule has 0 radical (unpaired) electrons. The summed E-state index contributed by atoms with van der Waals surface area (Å²) in [4.78, 5) is 12.4. The van der Waals surface area contributed by atoms with Crippen LogP contribution < -0.4 is 10.6 Å². The first-order valence-corrected chi connectivity index (χ1v) is 8.01. The van der Waals surface area contributed by atoms with Crippen LogP contribution in [0.1, 0.15) is 43.0 Å². The molecule has 21 heavy (non-hydrogen) atoms. The second-order valence-electron chi connectivity index (χ2n) is 5.32. The highest BCUT2D eigenvalue weighted by Crippen LogP contribution is 2.21. The summed E-state index contributed by atoms with van der Waals surface area (Å²) in [5.41, 5.74) is 1.41. The number of anilines is 1. The molecule has 1 aliphatic rings. The summed E-state index contributed by atoms with van der Waals surface area (Å²) >= 11 is 6.01. The highest BCUT2D eigenvalue weighted by Gasteiger charge is 2.17. The number of ether oxygens (including phenoxy) is 1. The van der Waals surface area contributed by atoms with Gasteiger partial charge in [-0.05, 0) is 43.9 Å². The molecule has 1 atom stereocenters. The van der Waals surface area contributed by atoms with E-state index in [9.17, 15) is 4.79 Å². The van der Waals surface area contributed by atoms with Crippen LogP contribution >= 0.6 is 11.6 Å². The Morgan fingerprint density at radius 1 is 1.43 bits per heavy atom. The van der Waals surface area contributed by atoms with Crippen molar-refractivity contribution < 1.29 is 9.53 Å². The van der Waals surface area contributed by atoms with E-state index in [1.54, 1.807) is 12.1 Å². The van der Waals surface area contributed by atoms with Crippen LogP contribution in [-0.2, 0) is 4.74 Å². The predicted octanol–water partition coefficient (Wildman–Crippen LogP) is 3.46. The Morgan fingerprint density at radius 3 is 3.00 bits per heavy atom. The van der Waals surface area contributed by atoms with Gasteiger partial charge in [-0.25, -0.2) is 0 Å². The van der Waals surface area contributed by atoms with E-state index in [0.717, 1.165) is 38.1 Å². The molecule has 2 N–H and O–H groups in total. The molecule has 1 aliphatic heterocycles. The van der Waals surface area contributed by atoms with E-state index in [2.05, 4.69) is 17.6 Å². The summed E-state index contributed by atoms with van der Waals surface area (Å²) < 4.78 is 5.63. The van der Waals surface area contributed by atoms with E-state index in [0.29, 0.717) is 17.1 Å². The maximum Gasteiger partial charge on any atom is 0.253 e. The maximum atomic E-state index is 12.4. The summed E-state index contributed by atoms with van der Waals surface area (Å²) in [5.74, 6) is -0.106. The first-order valence-electron chi connectivity index (χ1n) is 7.64. The summed E-state index contributed by atoms with van der Waals surface area (Å²) in [7, 11) is 0. The van der Waals surface area contributed by atoms with Crippen molar-refractivity contribution in [2.45, 2.75) is 38.7 Å². The smallest absolute Gasteiger partial charge is 0.253 e. The highest BCUT2D eigenvalue weighted by atomic mass is 35.5. The number of amides is 1. The van der Waals surface area contributed by atoms with E-state index in [4.69, 9.17) is 16.3 Å². The van der Waals surface area contributed by atoms with Crippen LogP contribution in [-0.4, -0.2) is 31.7 Å². The molecule has 5 heteroatoms. The average Bonchev–Trinajstić information content (AvgIpc) is 2.52. The highest BCUT2D eigenvalue weighted by molar-refractivity contribution is 6.31. The number of benzene rings is 1. The van der Waals surface area contributed by atoms with Crippen LogP contribution in [0.25, 0.3) is 0 Å². The monoisotopic (exact) mass is 310 g/mol. The van der Waals surface area contributed by atoms with Crippen LogP contribution in [0.4, 0.5) is 5.69 Å². The van der Waals surface area contributed by atoms with Crippen molar-refractivity contribution >= 4 is 23.2 Å². The van der Waals surface area contributed by atoms with Crippen LogP contribution in [0, 0.1) is 0 Å². The van der Waals surface area contributed by atoms with Gasteiger partial charge in [0.25, 0.3) is 5.91 Å². The second-order valence-corrected chi connectivity index (χ2v) is 5.75. The second kappa shape index (κ2) is 8.25. The van der Waals surface area contributed by atoms with Gasteiger partial charge in [0.05, 0.1) is 11.7 Å². The molecule has 4 nitrogen and oxygen atoms in total. The van der Waals surface area contributed by atoms with Crippen LogP contribution in [0.2, 0.25) is 5.02 Å². The van der Waals surface area contributed by atoms with Gasteiger partial charge in [-0.15, -0.1) is 0 Å². The molecule has 1 heterocycles. The van der Waals surface area contributed by atoms with E-state index in [1.807, 2.05) is 6.07 Å². The Kier molecular flexibility index (Phi) is 6.33. The van der Waals surface area contributed by atoms with Crippen molar-refractivity contribution in [1.82, 2.24) is 5.32 Å². The molecule has 0 aromatic heterocycles. The largest absolute Gasteiger partial charge is 0.384 e. The molecule has 1 unspecified atom stereocenters. The van der Waals surface area contributed by atoms with Gasteiger partial charge in [0.1, 0.15) is 0 Å². The Labute approximate surface area is 131 Å². The average molecular weight is 311 g/mol. The summed E-state index contributed by atoms with van der Waals surface area (Å²) in [6, 6.07) is 5.35. The summed E-state index contributed by atoms with van der Waals surface area (Å²) in [5, 5.41) is 6.77. The number of hydrogen-bond acceptors (Lipinski definition) is 3. The molecule has 1 aromatic carbocycles. The molecule has 116 valence electrons. The molecular formula is C16H23ClN2O2. The fourth-order valence-electron chi connectivity index (χ4n) is 2.39. The fourth-order valence-corrected chi connectivity index (χ4v) is 2.56. The van der Waals surface area contributed by atoms with Gasteiger partial charge in [-0.3, -0.25) is 4.79 Å². The summed E-state index contributed by atoms with van der Waals surface area (Å²) in [6.45, 7) is 4.26. The molecule has 1 fully saturated rings. The molecule has 0 saturated carbocycles. The number of carbonyl (C=O) groups is 1. The van der Waals surface area contributed by atoms with Gasteiger partial charge in [-0.2, -0.15) is 0 Å². The molecule has 2 rings (SSSR count). The zero-order chi connectivity index (χ0) is 15.1. The van der Waals surface area contributed by atoms with Crippen LogP contribution in [0.15, 0.2) is 18.2 Å². The summed E-state index contributed by atoms with van der Waals surface area (Å²) in [6.07, 6.45) is 4.43. The number of rotatable bonds is 6. The molecule has 0 aliphatic carbocycles. The van der Waals surface area contributed by atoms with Gasteiger partial charge in [0.15, 0.2) is 0 Å². The normalized spacial score (nSPS) is 18.3. The first kappa shape index (κ1) is 16.1. The van der Waals surface area contributed by atoms with Crippen LogP contribution in [0.3, 0.4) is 0 Å². The maximum absolute atomic E-state index is 12.4. The topological polar surface area (TPSA) is 50.4 Å². The van der Waals surface area contributed by atoms with E-state index >= 15 is 0 Å². The molecule has 1 amide bonds. The van der Waals surface area contributed by atoms with Crippen molar-refractivity contribution in [3.05, 3.63) is 28.8 Å². The third-order valence-electron chi connectivity index (χ3n) is 3.56. The first-order chi connectivity index (χ1) is 10.2. The number of carbonyl (C=O) groups excluding carboxylic acids is 1. The van der Waals surface area contributed by atoms with E-state index in [-0.39, 0.29) is 12.0 Å². The Morgan fingerprint density at radius 2 is 2.29 bits per heavy atom. The van der Waals surface area contributed by atoms with Gasteiger partial charge in [-0.1, -0.05) is 18.5 Å². The third kappa shape index (κ3) is 4.90. The van der Waals surface area contributed by atoms with E-state index < -0.39 is 0 Å². The number of nitrogens with one attached hydrogen (secondary N) is 2. The minimum atomic E-state index is -0.106. The Balaban J connectivity index is 1.97. The molecule has 1 aromatic rings. The van der Waals surface area contributed by atoms with Crippen molar-refractivity contribution in [3.8, 4) is 0 Å². The van der Waals surface area contributed by atoms with Crippen LogP contribution in [0.5, 0.6) is 0 Å². The van der Waals surface area contributed by atoms with Gasteiger partial charge in [0.2, 0.25) is 0 Å². The Bertz CT molecular complexity index is 473. The van der Waals surface area contributed by atoms with Crippen molar-refractivity contribution in [1.29, 1.82) is 0 Å². The lowest BCUT2D eigenvalue weighted by atomic mass is 10.1. The fraction of sp³-hybridized carbons (Fsp3) is 0.562. The van der Waals surface area contributed by atoms with Crippen molar-refractivity contribution in [3.63, 3.8) is 0 Å². The quantitative estimate of drug-likeness (QED) is 0.846. The SMILES string of the molecule is CCCNc1ccc(Cl)cc1C(=O)NCC1CCCCO1. The van der Waals surface area contributed by atoms with Gasteiger partial charge < -0.3 is 15.4 Å². The molecule has 0 spiro atoms. The van der Waals surface area contributed by atoms with Gasteiger partial charge >= 0.3 is 0 Å². The third-order valence-corrected chi connectivity index (χ3v) is 3.79. The number of halogens is 1. The zero-order valence-electron chi connectivity index (χ0n) is 12.5. The lowest BCUT2D eigenvalue weighted by molar-refractivity contribution is 0.0169. The minimum Gasteiger partial charge on any atom is -0.384 e. The van der Waals surface area contributed by atoms with Crippen molar-refractivity contribution in [2.24, 2.45) is 0 Å². The lowest BCUT2D eigenvalue weighted by Crippen LogP contribution is -2.35. The minimum absolute atomic E-state index is 0.106. The lowest BCUT2D eigenvalue weighted by Gasteiger charge is -2.23.